The van der Waals surface area contributed by atoms with Crippen LogP contribution in [0.15, 0.2) is 53.4 Å². The summed E-state index contributed by atoms with van der Waals surface area (Å²) >= 11 is 0. The van der Waals surface area contributed by atoms with Gasteiger partial charge in [-0.25, -0.2) is 12.8 Å². The first-order valence-corrected chi connectivity index (χ1v) is 12.7. The molecular weight excluding hydrogens is 431 g/mol. The van der Waals surface area contributed by atoms with E-state index in [1.54, 1.807) is 31.4 Å². The molecule has 0 aromatic heterocycles. The quantitative estimate of drug-likeness (QED) is 0.573. The molecule has 3 rings (SSSR count). The molecule has 0 unspecified atom stereocenters. The molecule has 0 spiro atoms. The summed E-state index contributed by atoms with van der Waals surface area (Å²) in [6.07, 6.45) is 3.07. The molecule has 2 aromatic rings. The number of likely N-dealkylation sites (tertiary alicyclic amines) is 1. The molecule has 1 heterocycles. The van der Waals surface area contributed by atoms with Gasteiger partial charge in [0, 0.05) is 45.6 Å². The first kappa shape index (κ1) is 24.4. The van der Waals surface area contributed by atoms with Crippen molar-refractivity contribution in [1.29, 1.82) is 0 Å². The van der Waals surface area contributed by atoms with E-state index in [9.17, 15) is 17.6 Å². The molecule has 0 radical (unpaired) electrons. The van der Waals surface area contributed by atoms with Gasteiger partial charge in [0.25, 0.3) is 0 Å². The van der Waals surface area contributed by atoms with Crippen LogP contribution in [0.4, 0.5) is 4.39 Å². The molecule has 0 aliphatic carbocycles. The average Bonchev–Trinajstić information content (AvgIpc) is 2.76. The minimum absolute atomic E-state index is 0.00882. The number of carbonyl (C=O) groups is 1. The number of amides is 1. The van der Waals surface area contributed by atoms with Crippen molar-refractivity contribution in [3.05, 3.63) is 65.5 Å². The highest BCUT2D eigenvalue weighted by molar-refractivity contribution is 7.90. The van der Waals surface area contributed by atoms with Crippen molar-refractivity contribution in [3.63, 3.8) is 0 Å². The second-order valence-corrected chi connectivity index (χ2v) is 10.3. The van der Waals surface area contributed by atoms with Crippen molar-refractivity contribution >= 4 is 15.7 Å². The highest BCUT2D eigenvalue weighted by Crippen LogP contribution is 2.22. The summed E-state index contributed by atoms with van der Waals surface area (Å²) in [6.45, 7) is 3.08. The predicted octanol–water partition coefficient (Wildman–Crippen LogP) is 2.91. The highest BCUT2D eigenvalue weighted by atomic mass is 32.2. The van der Waals surface area contributed by atoms with Crippen LogP contribution in [0.25, 0.3) is 0 Å². The molecule has 1 aliphatic rings. The molecule has 1 saturated heterocycles. The SMILES string of the molecule is COCCN(C(=O)Cc1ccc(F)cc1)C1CCN(Cc2ccccc2S(C)(=O)=O)CC1. The van der Waals surface area contributed by atoms with E-state index >= 15 is 0 Å². The van der Waals surface area contributed by atoms with Crippen LogP contribution in [0.3, 0.4) is 0 Å². The third-order valence-corrected chi connectivity index (χ3v) is 7.09. The Morgan fingerprint density at radius 3 is 2.41 bits per heavy atom. The van der Waals surface area contributed by atoms with Crippen molar-refractivity contribution in [3.8, 4) is 0 Å². The number of hydrogen-bond acceptors (Lipinski definition) is 5. The van der Waals surface area contributed by atoms with Gasteiger partial charge in [-0.05, 0) is 42.2 Å². The molecule has 1 fully saturated rings. The molecule has 8 heteroatoms. The van der Waals surface area contributed by atoms with E-state index < -0.39 is 9.84 Å². The van der Waals surface area contributed by atoms with Crippen molar-refractivity contribution < 1.29 is 22.3 Å². The fraction of sp³-hybridized carbons (Fsp3) is 0.458. The molecule has 0 bridgehead atoms. The second kappa shape index (κ2) is 11.0. The van der Waals surface area contributed by atoms with Gasteiger partial charge < -0.3 is 9.64 Å². The van der Waals surface area contributed by atoms with Gasteiger partial charge in [0.1, 0.15) is 5.82 Å². The largest absolute Gasteiger partial charge is 0.383 e. The molecule has 32 heavy (non-hydrogen) atoms. The smallest absolute Gasteiger partial charge is 0.227 e. The Hall–Kier alpha value is -2.29. The monoisotopic (exact) mass is 462 g/mol. The van der Waals surface area contributed by atoms with Gasteiger partial charge in [-0.15, -0.1) is 0 Å². The predicted molar refractivity (Wildman–Crippen MR) is 122 cm³/mol. The number of rotatable bonds is 9. The second-order valence-electron chi connectivity index (χ2n) is 8.27. The normalized spacial score (nSPS) is 15.6. The zero-order valence-electron chi connectivity index (χ0n) is 18.7. The summed E-state index contributed by atoms with van der Waals surface area (Å²) in [5, 5.41) is 0. The summed E-state index contributed by atoms with van der Waals surface area (Å²) in [6, 6.07) is 13.2. The summed E-state index contributed by atoms with van der Waals surface area (Å²) in [4.78, 5) is 17.5. The van der Waals surface area contributed by atoms with Crippen LogP contribution in [0.1, 0.15) is 24.0 Å². The Morgan fingerprint density at radius 2 is 1.78 bits per heavy atom. The minimum atomic E-state index is -3.28. The summed E-state index contributed by atoms with van der Waals surface area (Å²) in [5.41, 5.74) is 1.59. The third kappa shape index (κ3) is 6.60. The molecule has 174 valence electrons. The van der Waals surface area contributed by atoms with Gasteiger partial charge in [-0.1, -0.05) is 30.3 Å². The van der Waals surface area contributed by atoms with Crippen LogP contribution >= 0.6 is 0 Å². The Morgan fingerprint density at radius 1 is 1.12 bits per heavy atom. The lowest BCUT2D eigenvalue weighted by molar-refractivity contribution is -0.134. The number of methoxy groups -OCH3 is 1. The van der Waals surface area contributed by atoms with Crippen molar-refractivity contribution in [2.75, 3.05) is 39.6 Å². The van der Waals surface area contributed by atoms with Crippen LogP contribution < -0.4 is 0 Å². The maximum Gasteiger partial charge on any atom is 0.227 e. The van der Waals surface area contributed by atoms with E-state index in [4.69, 9.17) is 4.74 Å². The number of hydrogen-bond donors (Lipinski definition) is 0. The third-order valence-electron chi connectivity index (χ3n) is 5.89. The highest BCUT2D eigenvalue weighted by Gasteiger charge is 2.28. The number of carbonyl (C=O) groups excluding carboxylic acids is 1. The summed E-state index contributed by atoms with van der Waals surface area (Å²) in [5.74, 6) is -0.309. The van der Waals surface area contributed by atoms with E-state index in [2.05, 4.69) is 4.90 Å². The van der Waals surface area contributed by atoms with E-state index in [0.717, 1.165) is 37.1 Å². The average molecular weight is 463 g/mol. The fourth-order valence-electron chi connectivity index (χ4n) is 4.21. The molecule has 0 N–H and O–H groups in total. The van der Waals surface area contributed by atoms with Crippen LogP contribution in [0.2, 0.25) is 0 Å². The van der Waals surface area contributed by atoms with Crippen LogP contribution in [0.5, 0.6) is 0 Å². The number of benzene rings is 2. The standard InChI is InChI=1S/C24H31FN2O4S/c1-31-16-15-27(24(28)17-19-7-9-21(25)10-8-19)22-11-13-26(14-12-22)18-20-5-3-4-6-23(20)32(2,29)30/h3-10,22H,11-18H2,1-2H3. The van der Waals surface area contributed by atoms with E-state index in [0.29, 0.717) is 24.6 Å². The van der Waals surface area contributed by atoms with Gasteiger partial charge in [0.15, 0.2) is 9.84 Å². The number of piperidine rings is 1. The summed E-state index contributed by atoms with van der Waals surface area (Å²) in [7, 11) is -1.66. The van der Waals surface area contributed by atoms with Crippen LogP contribution in [0, 0.1) is 5.82 Å². The lowest BCUT2D eigenvalue weighted by Crippen LogP contribution is -2.48. The number of ether oxygens (including phenoxy) is 1. The van der Waals surface area contributed by atoms with Gasteiger partial charge in [-0.2, -0.15) is 0 Å². The van der Waals surface area contributed by atoms with Crippen molar-refractivity contribution in [2.24, 2.45) is 0 Å². The maximum atomic E-state index is 13.2. The molecule has 1 amide bonds. The number of halogens is 1. The fourth-order valence-corrected chi connectivity index (χ4v) is 5.14. The lowest BCUT2D eigenvalue weighted by Gasteiger charge is -2.39. The molecular formula is C24H31FN2O4S. The first-order valence-electron chi connectivity index (χ1n) is 10.8. The van der Waals surface area contributed by atoms with Crippen LogP contribution in [-0.2, 0) is 32.3 Å². The first-order chi connectivity index (χ1) is 15.3. The topological polar surface area (TPSA) is 66.9 Å². The number of sulfone groups is 1. The van der Waals surface area contributed by atoms with Crippen LogP contribution in [-0.4, -0.2) is 69.8 Å². The Kier molecular flexibility index (Phi) is 8.39. The molecule has 1 aliphatic heterocycles. The van der Waals surface area contributed by atoms with Gasteiger partial charge >= 0.3 is 0 Å². The molecule has 6 nitrogen and oxygen atoms in total. The zero-order valence-corrected chi connectivity index (χ0v) is 19.5. The molecule has 0 atom stereocenters. The zero-order chi connectivity index (χ0) is 23.1. The van der Waals surface area contributed by atoms with Gasteiger partial charge in [0.05, 0.1) is 17.9 Å². The Balaban J connectivity index is 1.63. The molecule has 2 aromatic carbocycles. The summed E-state index contributed by atoms with van der Waals surface area (Å²) < 4.78 is 42.6. The van der Waals surface area contributed by atoms with Gasteiger partial charge in [-0.3, -0.25) is 9.69 Å². The molecule has 0 saturated carbocycles. The van der Waals surface area contributed by atoms with Crippen molar-refractivity contribution in [2.45, 2.75) is 36.7 Å². The minimum Gasteiger partial charge on any atom is -0.383 e. The maximum absolute atomic E-state index is 13.2. The van der Waals surface area contributed by atoms with E-state index in [1.807, 2.05) is 17.0 Å². The van der Waals surface area contributed by atoms with Gasteiger partial charge in [0.2, 0.25) is 5.91 Å². The lowest BCUT2D eigenvalue weighted by atomic mass is 10.0. The van der Waals surface area contributed by atoms with Crippen molar-refractivity contribution in [1.82, 2.24) is 9.80 Å². The Labute approximate surface area is 189 Å². The van der Waals surface area contributed by atoms with E-state index in [1.165, 1.54) is 18.4 Å². The number of nitrogens with zero attached hydrogens (tertiary/aromatic N) is 2. The van der Waals surface area contributed by atoms with E-state index in [-0.39, 0.29) is 24.2 Å². The Bertz CT molecular complexity index is 1000.